The predicted octanol–water partition coefficient (Wildman–Crippen LogP) is 0.750. The van der Waals surface area contributed by atoms with E-state index in [1.807, 2.05) is 37.2 Å². The van der Waals surface area contributed by atoms with Crippen LogP contribution >= 0.6 is 0 Å². The zero-order chi connectivity index (χ0) is 10.8. The van der Waals surface area contributed by atoms with Gasteiger partial charge in [-0.05, 0) is 18.9 Å². The molecule has 0 radical (unpaired) electrons. The summed E-state index contributed by atoms with van der Waals surface area (Å²) >= 11 is 0. The number of rotatable bonds is 3. The van der Waals surface area contributed by atoms with Crippen molar-refractivity contribution in [3.8, 4) is 0 Å². The number of aromatic nitrogens is 4. The third-order valence-electron chi connectivity index (χ3n) is 2.37. The van der Waals surface area contributed by atoms with Crippen LogP contribution in [0.3, 0.4) is 0 Å². The van der Waals surface area contributed by atoms with Gasteiger partial charge in [-0.25, -0.2) is 0 Å². The molecule has 0 atom stereocenters. The third-order valence-corrected chi connectivity index (χ3v) is 2.37. The van der Waals surface area contributed by atoms with Gasteiger partial charge in [0.15, 0.2) is 0 Å². The summed E-state index contributed by atoms with van der Waals surface area (Å²) in [6.07, 6.45) is 6.78. The van der Waals surface area contributed by atoms with Crippen molar-refractivity contribution in [3.05, 3.63) is 29.7 Å². The van der Waals surface area contributed by atoms with Crippen molar-refractivity contribution in [2.75, 3.05) is 5.73 Å². The second-order valence-corrected chi connectivity index (χ2v) is 3.73. The number of hydrogen-bond donors (Lipinski definition) is 1. The molecular formula is C10H15N5. The van der Waals surface area contributed by atoms with Gasteiger partial charge >= 0.3 is 0 Å². The second kappa shape index (κ2) is 3.76. The smallest absolute Gasteiger partial charge is 0.148 e. The number of hydrogen-bond acceptors (Lipinski definition) is 3. The summed E-state index contributed by atoms with van der Waals surface area (Å²) in [7, 11) is 1.92. The Morgan fingerprint density at radius 2 is 2.20 bits per heavy atom. The first kappa shape index (κ1) is 9.76. The van der Waals surface area contributed by atoms with Crippen LogP contribution in [0.15, 0.2) is 18.6 Å². The minimum Gasteiger partial charge on any atom is -0.382 e. The van der Waals surface area contributed by atoms with Gasteiger partial charge in [-0.15, -0.1) is 0 Å². The summed E-state index contributed by atoms with van der Waals surface area (Å²) < 4.78 is 3.68. The maximum absolute atomic E-state index is 5.67. The molecule has 0 saturated heterocycles. The maximum atomic E-state index is 5.67. The Labute approximate surface area is 88.5 Å². The Balaban J connectivity index is 1.99. The van der Waals surface area contributed by atoms with E-state index < -0.39 is 0 Å². The molecule has 15 heavy (non-hydrogen) atoms. The number of nitrogens with two attached hydrogens (primary N) is 1. The molecule has 5 heteroatoms. The number of aryl methyl sites for hydroxylation is 4. The first-order valence-electron chi connectivity index (χ1n) is 4.92. The molecule has 2 rings (SSSR count). The van der Waals surface area contributed by atoms with Crippen molar-refractivity contribution < 1.29 is 0 Å². The first-order valence-corrected chi connectivity index (χ1v) is 4.92. The fourth-order valence-electron chi connectivity index (χ4n) is 1.49. The molecule has 2 N–H and O–H groups in total. The van der Waals surface area contributed by atoms with E-state index in [2.05, 4.69) is 10.2 Å². The summed E-state index contributed by atoms with van der Waals surface area (Å²) in [5.74, 6) is 0.612. The molecule has 0 aromatic carbocycles. The van der Waals surface area contributed by atoms with Gasteiger partial charge in [-0.3, -0.25) is 9.36 Å². The molecule has 2 aromatic heterocycles. The van der Waals surface area contributed by atoms with Gasteiger partial charge < -0.3 is 5.73 Å². The summed E-state index contributed by atoms with van der Waals surface area (Å²) in [5.41, 5.74) is 7.91. The zero-order valence-electron chi connectivity index (χ0n) is 9.01. The van der Waals surface area contributed by atoms with E-state index >= 15 is 0 Å². The van der Waals surface area contributed by atoms with Crippen LogP contribution in [0.1, 0.15) is 11.1 Å². The Hall–Kier alpha value is -1.78. The van der Waals surface area contributed by atoms with Crippen molar-refractivity contribution in [3.63, 3.8) is 0 Å². The van der Waals surface area contributed by atoms with Gasteiger partial charge in [0.1, 0.15) is 5.82 Å². The van der Waals surface area contributed by atoms with Crippen molar-refractivity contribution in [2.24, 2.45) is 7.05 Å². The highest BCUT2D eigenvalue weighted by Gasteiger charge is 2.01. The fraction of sp³-hybridized carbons (Fsp3) is 0.400. The molecule has 0 aliphatic carbocycles. The molecule has 2 heterocycles. The van der Waals surface area contributed by atoms with Crippen LogP contribution in [0.5, 0.6) is 0 Å². The second-order valence-electron chi connectivity index (χ2n) is 3.73. The van der Waals surface area contributed by atoms with Crippen LogP contribution in [-0.2, 0) is 20.0 Å². The highest BCUT2D eigenvalue weighted by Crippen LogP contribution is 2.07. The zero-order valence-corrected chi connectivity index (χ0v) is 9.01. The first-order chi connectivity index (χ1) is 7.15. The van der Waals surface area contributed by atoms with Crippen LogP contribution < -0.4 is 5.73 Å². The Morgan fingerprint density at radius 1 is 1.40 bits per heavy atom. The SMILES string of the molecule is Cc1cn(CCc2cnn(C)c2)nc1N. The molecule has 0 saturated carbocycles. The van der Waals surface area contributed by atoms with Crippen LogP contribution in [0.4, 0.5) is 5.82 Å². The Kier molecular flexibility index (Phi) is 2.45. The average molecular weight is 205 g/mol. The lowest BCUT2D eigenvalue weighted by atomic mass is 10.2. The number of anilines is 1. The molecule has 5 nitrogen and oxygen atoms in total. The molecule has 0 amide bonds. The van der Waals surface area contributed by atoms with Crippen LogP contribution in [0, 0.1) is 6.92 Å². The molecule has 0 fully saturated rings. The molecule has 80 valence electrons. The minimum atomic E-state index is 0.612. The normalized spacial score (nSPS) is 10.8. The van der Waals surface area contributed by atoms with E-state index in [-0.39, 0.29) is 0 Å². The Bertz CT molecular complexity index is 435. The topological polar surface area (TPSA) is 61.7 Å². The summed E-state index contributed by atoms with van der Waals surface area (Å²) in [5, 5.41) is 8.31. The molecule has 0 bridgehead atoms. The molecule has 0 unspecified atom stereocenters. The average Bonchev–Trinajstić information content (AvgIpc) is 2.72. The third kappa shape index (κ3) is 2.18. The lowest BCUT2D eigenvalue weighted by Crippen LogP contribution is -2.02. The van der Waals surface area contributed by atoms with Crippen molar-refractivity contribution >= 4 is 5.82 Å². The summed E-state index contributed by atoms with van der Waals surface area (Å²) in [6, 6.07) is 0. The maximum Gasteiger partial charge on any atom is 0.148 e. The minimum absolute atomic E-state index is 0.612. The highest BCUT2D eigenvalue weighted by molar-refractivity contribution is 5.35. The van der Waals surface area contributed by atoms with Gasteiger partial charge in [0.05, 0.1) is 6.20 Å². The van der Waals surface area contributed by atoms with Crippen molar-refractivity contribution in [2.45, 2.75) is 19.9 Å². The van der Waals surface area contributed by atoms with Gasteiger partial charge in [0.2, 0.25) is 0 Å². The van der Waals surface area contributed by atoms with E-state index in [1.54, 1.807) is 4.68 Å². The quantitative estimate of drug-likeness (QED) is 0.804. The van der Waals surface area contributed by atoms with Crippen LogP contribution in [0.2, 0.25) is 0 Å². The van der Waals surface area contributed by atoms with E-state index in [9.17, 15) is 0 Å². The van der Waals surface area contributed by atoms with Gasteiger partial charge in [0.25, 0.3) is 0 Å². The monoisotopic (exact) mass is 205 g/mol. The van der Waals surface area contributed by atoms with E-state index in [4.69, 9.17) is 5.73 Å². The van der Waals surface area contributed by atoms with E-state index in [1.165, 1.54) is 5.56 Å². The van der Waals surface area contributed by atoms with Gasteiger partial charge in [0, 0.05) is 31.5 Å². The van der Waals surface area contributed by atoms with Crippen molar-refractivity contribution in [1.82, 2.24) is 19.6 Å². The van der Waals surface area contributed by atoms with E-state index in [0.717, 1.165) is 18.5 Å². The molecule has 2 aromatic rings. The lowest BCUT2D eigenvalue weighted by molar-refractivity contribution is 0.616. The van der Waals surface area contributed by atoms with Crippen molar-refractivity contribution in [1.29, 1.82) is 0 Å². The Morgan fingerprint density at radius 3 is 2.73 bits per heavy atom. The van der Waals surface area contributed by atoms with Gasteiger partial charge in [-0.1, -0.05) is 0 Å². The standard InChI is InChI=1S/C10H15N5/c1-8-6-15(13-10(8)11)4-3-9-5-12-14(2)7-9/h5-7H,3-4H2,1-2H3,(H2,11,13). The highest BCUT2D eigenvalue weighted by atomic mass is 15.3. The fourth-order valence-corrected chi connectivity index (χ4v) is 1.49. The van der Waals surface area contributed by atoms with Crippen LogP contribution in [-0.4, -0.2) is 19.6 Å². The lowest BCUT2D eigenvalue weighted by Gasteiger charge is -1.98. The van der Waals surface area contributed by atoms with Gasteiger partial charge in [-0.2, -0.15) is 10.2 Å². The molecule has 0 aliphatic rings. The number of nitrogen functional groups attached to an aromatic ring is 1. The summed E-state index contributed by atoms with van der Waals surface area (Å²) in [6.45, 7) is 2.80. The molecule has 0 spiro atoms. The summed E-state index contributed by atoms with van der Waals surface area (Å²) in [4.78, 5) is 0. The van der Waals surface area contributed by atoms with E-state index in [0.29, 0.717) is 5.82 Å². The predicted molar refractivity (Wildman–Crippen MR) is 58.3 cm³/mol. The van der Waals surface area contributed by atoms with Crippen LogP contribution in [0.25, 0.3) is 0 Å². The largest absolute Gasteiger partial charge is 0.382 e. The number of nitrogens with zero attached hydrogens (tertiary/aromatic N) is 4. The molecular weight excluding hydrogens is 190 g/mol. The molecule has 0 aliphatic heterocycles.